The highest BCUT2D eigenvalue weighted by atomic mass is 35.5. The fourth-order valence-corrected chi connectivity index (χ4v) is 4.26. The summed E-state index contributed by atoms with van der Waals surface area (Å²) >= 11 is 3.15. The number of anilines is 1. The van der Waals surface area contributed by atoms with Crippen LogP contribution in [0.1, 0.15) is 17.3 Å². The van der Waals surface area contributed by atoms with Crippen LogP contribution in [0.3, 0.4) is 0 Å². The van der Waals surface area contributed by atoms with Crippen LogP contribution in [0.2, 0.25) is 0 Å². The second-order valence-corrected chi connectivity index (χ2v) is 8.41. The second kappa shape index (κ2) is 10.8. The van der Waals surface area contributed by atoms with Crippen molar-refractivity contribution < 1.29 is 9.53 Å². The molecule has 1 heterocycles. The van der Waals surface area contributed by atoms with Crippen molar-refractivity contribution in [2.45, 2.75) is 11.8 Å². The molecule has 0 N–H and O–H groups in total. The fraction of sp³-hybridized carbons (Fsp3) is 0.333. The van der Waals surface area contributed by atoms with E-state index in [9.17, 15) is 4.79 Å². The van der Waals surface area contributed by atoms with Crippen LogP contribution >= 0.6 is 35.5 Å². The summed E-state index contributed by atoms with van der Waals surface area (Å²) in [7, 11) is 4.01. The smallest absolute Gasteiger partial charge is 0.260 e. The van der Waals surface area contributed by atoms with Crippen LogP contribution in [-0.4, -0.2) is 55.8 Å². The van der Waals surface area contributed by atoms with Gasteiger partial charge in [0.2, 0.25) is 0 Å². The molecule has 0 atom stereocenters. The number of thiazole rings is 1. The van der Waals surface area contributed by atoms with Gasteiger partial charge >= 0.3 is 0 Å². The largest absolute Gasteiger partial charge is 0.492 e. The van der Waals surface area contributed by atoms with E-state index < -0.39 is 0 Å². The maximum absolute atomic E-state index is 13.3. The molecule has 29 heavy (non-hydrogen) atoms. The second-order valence-electron chi connectivity index (χ2n) is 6.52. The van der Waals surface area contributed by atoms with Gasteiger partial charge in [0.25, 0.3) is 5.91 Å². The van der Waals surface area contributed by atoms with Crippen molar-refractivity contribution in [2.24, 2.45) is 0 Å². The molecule has 0 saturated heterocycles. The molecule has 0 radical (unpaired) electrons. The number of aromatic nitrogens is 1. The lowest BCUT2D eigenvalue weighted by atomic mass is 10.2. The number of carbonyl (C=O) groups is 1. The summed E-state index contributed by atoms with van der Waals surface area (Å²) < 4.78 is 6.73. The third-order valence-electron chi connectivity index (χ3n) is 4.23. The molecule has 0 aliphatic carbocycles. The lowest BCUT2D eigenvalue weighted by Crippen LogP contribution is -2.36. The summed E-state index contributed by atoms with van der Waals surface area (Å²) in [5, 5.41) is 0.698. The van der Waals surface area contributed by atoms with Crippen LogP contribution in [-0.2, 0) is 0 Å². The SMILES string of the molecule is CCOc1cccc2sc(N(CCN(C)C)C(=O)c3cccc(SC)c3)nc12.Cl. The number of amides is 1. The van der Waals surface area contributed by atoms with Gasteiger partial charge < -0.3 is 9.64 Å². The number of hydrogen-bond donors (Lipinski definition) is 0. The highest BCUT2D eigenvalue weighted by Gasteiger charge is 2.22. The Morgan fingerprint density at radius 3 is 2.62 bits per heavy atom. The number of thioether (sulfide) groups is 1. The Kier molecular flexibility index (Phi) is 8.77. The molecule has 0 aliphatic rings. The molecule has 8 heteroatoms. The Bertz CT molecular complexity index is 962. The summed E-state index contributed by atoms with van der Waals surface area (Å²) in [6, 6.07) is 13.6. The van der Waals surface area contributed by atoms with E-state index in [0.717, 1.165) is 27.4 Å². The first kappa shape index (κ1) is 23.5. The third kappa shape index (κ3) is 5.63. The first-order valence-electron chi connectivity index (χ1n) is 9.16. The van der Waals surface area contributed by atoms with Crippen molar-refractivity contribution in [1.82, 2.24) is 9.88 Å². The molecule has 2 aromatic carbocycles. The minimum Gasteiger partial charge on any atom is -0.492 e. The topological polar surface area (TPSA) is 45.7 Å². The summed E-state index contributed by atoms with van der Waals surface area (Å²) in [4.78, 5) is 23.0. The van der Waals surface area contributed by atoms with Gasteiger partial charge in [-0.2, -0.15) is 0 Å². The van der Waals surface area contributed by atoms with Gasteiger partial charge in [-0.1, -0.05) is 23.5 Å². The zero-order valence-corrected chi connectivity index (χ0v) is 19.5. The van der Waals surface area contributed by atoms with Crippen LogP contribution in [0.25, 0.3) is 10.2 Å². The molecule has 156 valence electrons. The first-order valence-corrected chi connectivity index (χ1v) is 11.2. The summed E-state index contributed by atoms with van der Waals surface area (Å²) in [5.74, 6) is 0.724. The van der Waals surface area contributed by atoms with E-state index in [2.05, 4.69) is 4.90 Å². The van der Waals surface area contributed by atoms with Crippen molar-refractivity contribution >= 4 is 56.8 Å². The van der Waals surface area contributed by atoms with Gasteiger partial charge in [0, 0.05) is 23.5 Å². The van der Waals surface area contributed by atoms with Gasteiger partial charge in [-0.05, 0) is 57.6 Å². The molecule has 1 aromatic heterocycles. The Balaban J connectivity index is 0.00000300. The average molecular weight is 452 g/mol. The standard InChI is InChI=1S/C21H25N3O2S2.ClH/c1-5-26-17-10-7-11-18-19(17)22-21(28-18)24(13-12-23(2)3)20(25)15-8-6-9-16(14-15)27-4;/h6-11,14H,5,12-13H2,1-4H3;1H. The zero-order valence-electron chi connectivity index (χ0n) is 17.0. The molecular formula is C21H26ClN3O2S2. The summed E-state index contributed by atoms with van der Waals surface area (Å²) in [6.45, 7) is 3.86. The van der Waals surface area contributed by atoms with Crippen LogP contribution < -0.4 is 9.64 Å². The highest BCUT2D eigenvalue weighted by molar-refractivity contribution is 7.98. The summed E-state index contributed by atoms with van der Waals surface area (Å²) in [5.41, 5.74) is 1.49. The number of benzene rings is 2. The number of carbonyl (C=O) groups excluding carboxylic acids is 1. The van der Waals surface area contributed by atoms with Crippen LogP contribution in [0.5, 0.6) is 5.75 Å². The maximum atomic E-state index is 13.3. The lowest BCUT2D eigenvalue weighted by molar-refractivity contribution is 0.0985. The van der Waals surface area contributed by atoms with E-state index in [1.807, 2.05) is 69.7 Å². The molecule has 3 rings (SSSR count). The number of likely N-dealkylation sites (N-methyl/N-ethyl adjacent to an activating group) is 1. The number of nitrogens with zero attached hydrogens (tertiary/aromatic N) is 3. The minimum absolute atomic E-state index is 0. The number of ether oxygens (including phenoxy) is 1. The van der Waals surface area contributed by atoms with Gasteiger partial charge in [-0.25, -0.2) is 4.98 Å². The minimum atomic E-state index is -0.0326. The molecule has 0 fully saturated rings. The number of rotatable bonds is 8. The Hall–Kier alpha value is -1.80. The number of halogens is 1. The van der Waals surface area contributed by atoms with E-state index in [4.69, 9.17) is 9.72 Å². The Labute approximate surface area is 186 Å². The van der Waals surface area contributed by atoms with Crippen molar-refractivity contribution in [3.05, 3.63) is 48.0 Å². The molecule has 0 spiro atoms. The van der Waals surface area contributed by atoms with Crippen molar-refractivity contribution in [1.29, 1.82) is 0 Å². The lowest BCUT2D eigenvalue weighted by Gasteiger charge is -2.22. The Morgan fingerprint density at radius 2 is 1.93 bits per heavy atom. The van der Waals surface area contributed by atoms with Crippen LogP contribution in [0.15, 0.2) is 47.4 Å². The maximum Gasteiger partial charge on any atom is 0.260 e. The number of para-hydroxylation sites is 1. The van der Waals surface area contributed by atoms with Crippen molar-refractivity contribution in [3.8, 4) is 5.75 Å². The summed E-state index contributed by atoms with van der Waals surface area (Å²) in [6.07, 6.45) is 2.01. The van der Waals surface area contributed by atoms with E-state index in [0.29, 0.717) is 23.8 Å². The van der Waals surface area contributed by atoms with Crippen molar-refractivity contribution in [3.63, 3.8) is 0 Å². The van der Waals surface area contributed by atoms with E-state index in [1.165, 1.54) is 11.3 Å². The van der Waals surface area contributed by atoms with Gasteiger partial charge in [-0.15, -0.1) is 24.2 Å². The number of hydrogen-bond acceptors (Lipinski definition) is 6. The van der Waals surface area contributed by atoms with Gasteiger partial charge in [0.1, 0.15) is 11.3 Å². The molecule has 3 aromatic rings. The van der Waals surface area contributed by atoms with Crippen LogP contribution in [0, 0.1) is 0 Å². The van der Waals surface area contributed by atoms with Crippen LogP contribution in [0.4, 0.5) is 5.13 Å². The normalized spacial score (nSPS) is 10.8. The van der Waals surface area contributed by atoms with Crippen molar-refractivity contribution in [2.75, 3.05) is 44.9 Å². The molecule has 0 aliphatic heterocycles. The van der Waals surface area contributed by atoms with E-state index in [-0.39, 0.29) is 18.3 Å². The third-order valence-corrected chi connectivity index (χ3v) is 6.00. The Morgan fingerprint density at radius 1 is 1.17 bits per heavy atom. The predicted octanol–water partition coefficient (Wildman–Crippen LogP) is 5.05. The monoisotopic (exact) mass is 451 g/mol. The molecular weight excluding hydrogens is 426 g/mol. The predicted molar refractivity (Wildman–Crippen MR) is 126 cm³/mol. The zero-order chi connectivity index (χ0) is 20.1. The molecule has 0 bridgehead atoms. The van der Waals surface area contributed by atoms with E-state index in [1.54, 1.807) is 16.7 Å². The fourth-order valence-electron chi connectivity index (χ4n) is 2.79. The quantitative estimate of drug-likeness (QED) is 0.448. The highest BCUT2D eigenvalue weighted by Crippen LogP contribution is 2.35. The molecule has 5 nitrogen and oxygen atoms in total. The number of fused-ring (bicyclic) bond motifs is 1. The average Bonchev–Trinajstić information content (AvgIpc) is 3.13. The molecule has 0 saturated carbocycles. The van der Waals surface area contributed by atoms with Gasteiger partial charge in [-0.3, -0.25) is 9.69 Å². The van der Waals surface area contributed by atoms with Gasteiger partial charge in [0.05, 0.1) is 11.3 Å². The van der Waals surface area contributed by atoms with Gasteiger partial charge in [0.15, 0.2) is 5.13 Å². The molecule has 1 amide bonds. The van der Waals surface area contributed by atoms with E-state index >= 15 is 0 Å². The molecule has 0 unspecified atom stereocenters. The first-order chi connectivity index (χ1) is 13.5.